The standard InChI is InChI=1S/C20H24N2O/c1-13-4-6-16(7-5-13)11-17-8-9-20-18(12-17)19(21)10-14(2)22(20)15(3)23/h4-9,12,14,19H,10-11,21H2,1-3H3/t14-,19-/m1/s1. The molecule has 0 bridgehead atoms. The minimum atomic E-state index is -0.00596. The van der Waals surface area contributed by atoms with Crippen molar-refractivity contribution in [3.05, 3.63) is 64.7 Å². The fraction of sp³-hybridized carbons (Fsp3) is 0.350. The van der Waals surface area contributed by atoms with Crippen molar-refractivity contribution >= 4 is 11.6 Å². The van der Waals surface area contributed by atoms with Gasteiger partial charge in [0, 0.05) is 24.7 Å². The van der Waals surface area contributed by atoms with Crippen molar-refractivity contribution in [1.29, 1.82) is 0 Å². The van der Waals surface area contributed by atoms with Crippen LogP contribution in [0.4, 0.5) is 5.69 Å². The first-order chi connectivity index (χ1) is 11.0. The fourth-order valence-corrected chi connectivity index (χ4v) is 3.49. The third kappa shape index (κ3) is 3.15. The highest BCUT2D eigenvalue weighted by Gasteiger charge is 2.30. The largest absolute Gasteiger partial charge is 0.324 e. The summed E-state index contributed by atoms with van der Waals surface area (Å²) in [6, 6.07) is 15.1. The molecule has 2 N–H and O–H groups in total. The lowest BCUT2D eigenvalue weighted by molar-refractivity contribution is -0.117. The van der Waals surface area contributed by atoms with E-state index in [9.17, 15) is 4.79 Å². The molecule has 3 nitrogen and oxygen atoms in total. The summed E-state index contributed by atoms with van der Waals surface area (Å²) in [6.07, 6.45) is 1.69. The average molecular weight is 308 g/mol. The van der Waals surface area contributed by atoms with Gasteiger partial charge in [0.1, 0.15) is 0 Å². The van der Waals surface area contributed by atoms with Crippen molar-refractivity contribution in [3.8, 4) is 0 Å². The summed E-state index contributed by atoms with van der Waals surface area (Å²) in [7, 11) is 0. The molecule has 2 aromatic carbocycles. The van der Waals surface area contributed by atoms with Gasteiger partial charge in [0.05, 0.1) is 0 Å². The second-order valence-corrected chi connectivity index (χ2v) is 6.64. The van der Waals surface area contributed by atoms with E-state index in [0.717, 1.165) is 24.1 Å². The first kappa shape index (κ1) is 15.8. The second kappa shape index (κ2) is 6.17. The third-order valence-electron chi connectivity index (χ3n) is 4.65. The van der Waals surface area contributed by atoms with E-state index in [1.54, 1.807) is 6.92 Å². The summed E-state index contributed by atoms with van der Waals surface area (Å²) in [5.41, 5.74) is 12.2. The molecule has 0 aromatic heterocycles. The van der Waals surface area contributed by atoms with E-state index in [1.807, 2.05) is 4.90 Å². The van der Waals surface area contributed by atoms with Crippen LogP contribution >= 0.6 is 0 Å². The van der Waals surface area contributed by atoms with Crippen LogP contribution in [0.25, 0.3) is 0 Å². The van der Waals surface area contributed by atoms with E-state index in [4.69, 9.17) is 5.73 Å². The molecule has 0 aliphatic carbocycles. The van der Waals surface area contributed by atoms with E-state index in [0.29, 0.717) is 0 Å². The zero-order valence-electron chi connectivity index (χ0n) is 14.0. The van der Waals surface area contributed by atoms with Gasteiger partial charge >= 0.3 is 0 Å². The molecule has 0 radical (unpaired) electrons. The molecule has 2 aromatic rings. The average Bonchev–Trinajstić information content (AvgIpc) is 2.50. The van der Waals surface area contributed by atoms with E-state index in [2.05, 4.69) is 56.3 Å². The summed E-state index contributed by atoms with van der Waals surface area (Å²) >= 11 is 0. The Balaban J connectivity index is 1.93. The van der Waals surface area contributed by atoms with Crippen LogP contribution in [0.2, 0.25) is 0 Å². The maximum absolute atomic E-state index is 12.0. The molecule has 1 aliphatic rings. The van der Waals surface area contributed by atoms with Crippen LogP contribution < -0.4 is 10.6 Å². The molecule has 3 heteroatoms. The van der Waals surface area contributed by atoms with Crippen LogP contribution in [0.15, 0.2) is 42.5 Å². The third-order valence-corrected chi connectivity index (χ3v) is 4.65. The molecule has 0 spiro atoms. The van der Waals surface area contributed by atoms with Crippen LogP contribution in [0.3, 0.4) is 0 Å². The number of rotatable bonds is 2. The minimum absolute atomic E-state index is 0.00596. The van der Waals surface area contributed by atoms with Crippen LogP contribution in [0, 0.1) is 6.92 Å². The Bertz CT molecular complexity index is 721. The quantitative estimate of drug-likeness (QED) is 0.919. The van der Waals surface area contributed by atoms with Crippen molar-refractivity contribution in [3.63, 3.8) is 0 Å². The van der Waals surface area contributed by atoms with Crippen molar-refractivity contribution in [1.82, 2.24) is 0 Å². The lowest BCUT2D eigenvalue weighted by atomic mass is 9.90. The number of hydrogen-bond donors (Lipinski definition) is 1. The van der Waals surface area contributed by atoms with Gasteiger partial charge in [-0.3, -0.25) is 4.79 Å². The molecule has 0 saturated heterocycles. The zero-order valence-corrected chi connectivity index (χ0v) is 14.0. The lowest BCUT2D eigenvalue weighted by Crippen LogP contribution is -2.43. The van der Waals surface area contributed by atoms with Gasteiger partial charge in [-0.05, 0) is 49.4 Å². The number of carbonyl (C=O) groups is 1. The van der Waals surface area contributed by atoms with Crippen molar-refractivity contribution in [2.75, 3.05) is 4.90 Å². The Morgan fingerprint density at radius 1 is 1.17 bits per heavy atom. The van der Waals surface area contributed by atoms with Gasteiger partial charge in [0.2, 0.25) is 5.91 Å². The predicted molar refractivity (Wildman–Crippen MR) is 94.6 cm³/mol. The molecule has 0 unspecified atom stereocenters. The van der Waals surface area contributed by atoms with Crippen LogP contribution in [-0.4, -0.2) is 11.9 Å². The Morgan fingerprint density at radius 3 is 2.48 bits per heavy atom. The predicted octanol–water partition coefficient (Wildman–Crippen LogP) is 3.73. The number of amides is 1. The number of nitrogens with two attached hydrogens (primary N) is 1. The molecular weight excluding hydrogens is 284 g/mol. The van der Waals surface area contributed by atoms with E-state index < -0.39 is 0 Å². The van der Waals surface area contributed by atoms with Crippen molar-refractivity contribution < 1.29 is 4.79 Å². The maximum atomic E-state index is 12.0. The Hall–Kier alpha value is -2.13. The molecule has 1 aliphatic heterocycles. The second-order valence-electron chi connectivity index (χ2n) is 6.64. The molecule has 1 amide bonds. The lowest BCUT2D eigenvalue weighted by Gasteiger charge is -2.38. The number of benzene rings is 2. The Labute approximate surface area is 138 Å². The van der Waals surface area contributed by atoms with Gasteiger partial charge < -0.3 is 10.6 Å². The van der Waals surface area contributed by atoms with Gasteiger partial charge in [0.15, 0.2) is 0 Å². The van der Waals surface area contributed by atoms with Crippen LogP contribution in [0.5, 0.6) is 0 Å². The van der Waals surface area contributed by atoms with Gasteiger partial charge in [-0.25, -0.2) is 0 Å². The molecule has 0 fully saturated rings. The molecule has 23 heavy (non-hydrogen) atoms. The van der Waals surface area contributed by atoms with Gasteiger partial charge in [-0.2, -0.15) is 0 Å². The number of hydrogen-bond acceptors (Lipinski definition) is 2. The number of fused-ring (bicyclic) bond motifs is 1. The number of anilines is 1. The van der Waals surface area contributed by atoms with Crippen LogP contribution in [0.1, 0.15) is 48.6 Å². The fourth-order valence-electron chi connectivity index (χ4n) is 3.49. The van der Waals surface area contributed by atoms with Crippen molar-refractivity contribution in [2.24, 2.45) is 5.73 Å². The number of carbonyl (C=O) groups excluding carboxylic acids is 1. The molecule has 2 atom stereocenters. The first-order valence-corrected chi connectivity index (χ1v) is 8.19. The smallest absolute Gasteiger partial charge is 0.224 e. The Morgan fingerprint density at radius 2 is 1.83 bits per heavy atom. The molecule has 0 saturated carbocycles. The van der Waals surface area contributed by atoms with E-state index >= 15 is 0 Å². The zero-order chi connectivity index (χ0) is 16.6. The first-order valence-electron chi connectivity index (χ1n) is 8.19. The van der Waals surface area contributed by atoms with Gasteiger partial charge in [-0.15, -0.1) is 0 Å². The molecule has 3 rings (SSSR count). The van der Waals surface area contributed by atoms with Gasteiger partial charge in [0.25, 0.3) is 0 Å². The molecular formula is C20H24N2O. The maximum Gasteiger partial charge on any atom is 0.224 e. The highest BCUT2D eigenvalue weighted by molar-refractivity contribution is 5.93. The summed E-state index contributed by atoms with van der Waals surface area (Å²) in [4.78, 5) is 13.8. The normalized spacial score (nSPS) is 20.3. The number of nitrogens with zero attached hydrogens (tertiary/aromatic N) is 1. The number of aryl methyl sites for hydroxylation is 1. The summed E-state index contributed by atoms with van der Waals surface area (Å²) in [6.45, 7) is 5.78. The molecule has 1 heterocycles. The SMILES string of the molecule is CC(=O)N1c2ccc(Cc3ccc(C)cc3)cc2[C@H](N)C[C@H]1C. The minimum Gasteiger partial charge on any atom is -0.324 e. The van der Waals surface area contributed by atoms with E-state index in [1.165, 1.54) is 16.7 Å². The molecule has 120 valence electrons. The summed E-state index contributed by atoms with van der Waals surface area (Å²) in [5, 5.41) is 0. The highest BCUT2D eigenvalue weighted by atomic mass is 16.2. The summed E-state index contributed by atoms with van der Waals surface area (Å²) < 4.78 is 0. The highest BCUT2D eigenvalue weighted by Crippen LogP contribution is 2.36. The van der Waals surface area contributed by atoms with E-state index in [-0.39, 0.29) is 18.0 Å². The van der Waals surface area contributed by atoms with Crippen LogP contribution in [-0.2, 0) is 11.2 Å². The summed E-state index contributed by atoms with van der Waals surface area (Å²) in [5.74, 6) is 0.0805. The monoisotopic (exact) mass is 308 g/mol. The topological polar surface area (TPSA) is 46.3 Å². The van der Waals surface area contributed by atoms with Crippen molar-refractivity contribution in [2.45, 2.75) is 45.7 Å². The van der Waals surface area contributed by atoms with Gasteiger partial charge in [-0.1, -0.05) is 42.0 Å². The Kier molecular flexibility index (Phi) is 4.22.